The van der Waals surface area contributed by atoms with E-state index in [1.54, 1.807) is 31.2 Å². The first kappa shape index (κ1) is 19.6. The van der Waals surface area contributed by atoms with Gasteiger partial charge in [0.25, 0.3) is 11.8 Å². The maximum absolute atomic E-state index is 12.7. The van der Waals surface area contributed by atoms with Crippen molar-refractivity contribution in [1.82, 2.24) is 5.32 Å². The van der Waals surface area contributed by atoms with Gasteiger partial charge in [-0.1, -0.05) is 24.3 Å². The van der Waals surface area contributed by atoms with E-state index < -0.39 is 0 Å². The lowest BCUT2D eigenvalue weighted by Crippen LogP contribution is -2.30. The molecule has 1 aliphatic carbocycles. The van der Waals surface area contributed by atoms with Gasteiger partial charge in [0.05, 0.1) is 12.6 Å². The van der Waals surface area contributed by atoms with E-state index >= 15 is 0 Å². The van der Waals surface area contributed by atoms with Crippen LogP contribution in [-0.4, -0.2) is 24.2 Å². The van der Waals surface area contributed by atoms with Crippen LogP contribution in [0.5, 0.6) is 0 Å². The number of benzene rings is 2. The Hall–Kier alpha value is -2.73. The smallest absolute Gasteiger partial charge is 0.265 e. The fourth-order valence-corrected chi connectivity index (χ4v) is 4.58. The standard InChI is InChI=1S/C23H24N2O3S/c1-15-21(29-14-13-28-15)23(27)24-18-11-9-17(10-12-18)22(26)25-20-8-4-6-16-5-2-3-7-19(16)20/h2-3,5,7,9-12,20H,4,6,8,13-14H2,1H3,(H,24,27)(H,25,26)/t20-/m0/s1. The van der Waals surface area contributed by atoms with Crippen molar-refractivity contribution in [3.63, 3.8) is 0 Å². The number of thioether (sulfide) groups is 1. The van der Waals surface area contributed by atoms with E-state index in [2.05, 4.69) is 22.8 Å². The summed E-state index contributed by atoms with van der Waals surface area (Å²) in [5, 5.41) is 6.03. The molecule has 0 aromatic heterocycles. The molecular weight excluding hydrogens is 384 g/mol. The minimum Gasteiger partial charge on any atom is -0.496 e. The summed E-state index contributed by atoms with van der Waals surface area (Å²) in [5.74, 6) is 1.15. The summed E-state index contributed by atoms with van der Waals surface area (Å²) in [7, 11) is 0. The molecule has 0 saturated carbocycles. The van der Waals surface area contributed by atoms with Crippen LogP contribution in [0.2, 0.25) is 0 Å². The fraction of sp³-hybridized carbons (Fsp3) is 0.304. The van der Waals surface area contributed by atoms with E-state index in [1.807, 2.05) is 12.1 Å². The lowest BCUT2D eigenvalue weighted by atomic mass is 9.87. The SMILES string of the molecule is CC1=C(C(=O)Nc2ccc(C(=O)N[C@H]3CCCc4ccccc43)cc2)SCCO1. The van der Waals surface area contributed by atoms with Crippen molar-refractivity contribution in [2.75, 3.05) is 17.7 Å². The number of rotatable bonds is 4. The number of ether oxygens (including phenoxy) is 1. The number of amides is 2. The molecule has 0 saturated heterocycles. The van der Waals surface area contributed by atoms with E-state index in [4.69, 9.17) is 4.74 Å². The number of hydrogen-bond acceptors (Lipinski definition) is 4. The van der Waals surface area contributed by atoms with Crippen LogP contribution in [0.1, 0.15) is 47.3 Å². The highest BCUT2D eigenvalue weighted by Crippen LogP contribution is 2.30. The maximum Gasteiger partial charge on any atom is 0.265 e. The van der Waals surface area contributed by atoms with Crippen molar-refractivity contribution in [2.24, 2.45) is 0 Å². The Labute approximate surface area is 174 Å². The molecule has 0 radical (unpaired) electrons. The lowest BCUT2D eigenvalue weighted by molar-refractivity contribution is -0.112. The number of anilines is 1. The molecule has 1 heterocycles. The van der Waals surface area contributed by atoms with Crippen LogP contribution in [0.15, 0.2) is 59.2 Å². The van der Waals surface area contributed by atoms with E-state index in [1.165, 1.54) is 22.9 Å². The van der Waals surface area contributed by atoms with E-state index in [-0.39, 0.29) is 17.9 Å². The summed E-state index contributed by atoms with van der Waals surface area (Å²) in [6.45, 7) is 2.43. The molecule has 1 aliphatic heterocycles. The van der Waals surface area contributed by atoms with Crippen LogP contribution in [0.4, 0.5) is 5.69 Å². The fourth-order valence-electron chi connectivity index (χ4n) is 3.77. The topological polar surface area (TPSA) is 67.4 Å². The molecule has 2 aromatic carbocycles. The molecule has 2 aliphatic rings. The highest BCUT2D eigenvalue weighted by atomic mass is 32.2. The Morgan fingerprint density at radius 2 is 1.86 bits per heavy atom. The van der Waals surface area contributed by atoms with Gasteiger partial charge < -0.3 is 15.4 Å². The number of allylic oxidation sites excluding steroid dienone is 1. The molecule has 0 spiro atoms. The zero-order chi connectivity index (χ0) is 20.2. The molecule has 29 heavy (non-hydrogen) atoms. The number of aryl methyl sites for hydroxylation is 1. The molecule has 1 atom stereocenters. The van der Waals surface area contributed by atoms with E-state index in [0.29, 0.717) is 28.5 Å². The summed E-state index contributed by atoms with van der Waals surface area (Å²) >= 11 is 1.50. The average Bonchev–Trinajstić information content (AvgIpc) is 2.75. The summed E-state index contributed by atoms with van der Waals surface area (Å²) in [6.07, 6.45) is 3.09. The van der Waals surface area contributed by atoms with Gasteiger partial charge in [-0.3, -0.25) is 9.59 Å². The van der Waals surface area contributed by atoms with Crippen molar-refractivity contribution in [3.8, 4) is 0 Å². The van der Waals surface area contributed by atoms with Crippen molar-refractivity contribution < 1.29 is 14.3 Å². The van der Waals surface area contributed by atoms with Gasteiger partial charge in [0.1, 0.15) is 10.7 Å². The second kappa shape index (κ2) is 8.74. The molecule has 0 bridgehead atoms. The first-order chi connectivity index (χ1) is 14.1. The number of carbonyl (C=O) groups excluding carboxylic acids is 2. The third kappa shape index (κ3) is 4.48. The lowest BCUT2D eigenvalue weighted by Gasteiger charge is -2.26. The molecule has 150 valence electrons. The van der Waals surface area contributed by atoms with Crippen LogP contribution in [0.3, 0.4) is 0 Å². The Bertz CT molecular complexity index is 953. The average molecular weight is 409 g/mol. The molecule has 6 heteroatoms. The number of fused-ring (bicyclic) bond motifs is 1. The minimum atomic E-state index is -0.178. The number of hydrogen-bond donors (Lipinski definition) is 2. The van der Waals surface area contributed by atoms with Gasteiger partial charge in [-0.25, -0.2) is 0 Å². The first-order valence-corrected chi connectivity index (χ1v) is 10.9. The predicted molar refractivity (Wildman–Crippen MR) is 116 cm³/mol. The normalized spacial score (nSPS) is 18.4. The van der Waals surface area contributed by atoms with Crippen LogP contribution in [0.25, 0.3) is 0 Å². The Balaban J connectivity index is 1.40. The molecule has 5 nitrogen and oxygen atoms in total. The van der Waals surface area contributed by atoms with Crippen LogP contribution < -0.4 is 10.6 Å². The maximum atomic E-state index is 12.7. The van der Waals surface area contributed by atoms with E-state index in [9.17, 15) is 9.59 Å². The van der Waals surface area contributed by atoms with Gasteiger partial charge in [0.2, 0.25) is 0 Å². The molecule has 0 unspecified atom stereocenters. The quantitative estimate of drug-likeness (QED) is 0.786. The zero-order valence-electron chi connectivity index (χ0n) is 16.4. The summed E-state index contributed by atoms with van der Waals surface area (Å²) in [4.78, 5) is 25.8. The van der Waals surface area contributed by atoms with Crippen molar-refractivity contribution in [1.29, 1.82) is 0 Å². The van der Waals surface area contributed by atoms with Gasteiger partial charge in [-0.15, -0.1) is 11.8 Å². The molecule has 4 rings (SSSR count). The number of nitrogens with one attached hydrogen (secondary N) is 2. The Morgan fingerprint density at radius 3 is 2.66 bits per heavy atom. The zero-order valence-corrected chi connectivity index (χ0v) is 17.2. The van der Waals surface area contributed by atoms with Crippen molar-refractivity contribution in [3.05, 3.63) is 75.9 Å². The minimum absolute atomic E-state index is 0.0464. The van der Waals surface area contributed by atoms with Crippen molar-refractivity contribution >= 4 is 29.3 Å². The van der Waals surface area contributed by atoms with Gasteiger partial charge >= 0.3 is 0 Å². The monoisotopic (exact) mass is 408 g/mol. The van der Waals surface area contributed by atoms with Gasteiger partial charge in [-0.2, -0.15) is 0 Å². The predicted octanol–water partition coefficient (Wildman–Crippen LogP) is 4.43. The highest BCUT2D eigenvalue weighted by Gasteiger charge is 2.22. The molecule has 2 aromatic rings. The van der Waals surface area contributed by atoms with Crippen molar-refractivity contribution in [2.45, 2.75) is 32.2 Å². The second-order valence-corrected chi connectivity index (χ2v) is 8.34. The van der Waals surface area contributed by atoms with Gasteiger partial charge in [0.15, 0.2) is 0 Å². The molecule has 0 fully saturated rings. The summed E-state index contributed by atoms with van der Waals surface area (Å²) in [5.41, 5.74) is 3.76. The van der Waals surface area contributed by atoms with Crippen LogP contribution >= 0.6 is 11.8 Å². The molecule has 2 N–H and O–H groups in total. The Kier molecular flexibility index (Phi) is 5.90. The molecular formula is C23H24N2O3S. The van der Waals surface area contributed by atoms with Gasteiger partial charge in [-0.05, 0) is 61.6 Å². The van der Waals surface area contributed by atoms with E-state index in [0.717, 1.165) is 25.0 Å². The summed E-state index contributed by atoms with van der Waals surface area (Å²) < 4.78 is 5.44. The second-order valence-electron chi connectivity index (χ2n) is 7.23. The summed E-state index contributed by atoms with van der Waals surface area (Å²) in [6, 6.07) is 15.3. The van der Waals surface area contributed by atoms with Gasteiger partial charge in [0, 0.05) is 17.0 Å². The third-order valence-electron chi connectivity index (χ3n) is 5.25. The Morgan fingerprint density at radius 1 is 1.07 bits per heavy atom. The largest absolute Gasteiger partial charge is 0.496 e. The highest BCUT2D eigenvalue weighted by molar-refractivity contribution is 8.04. The van der Waals surface area contributed by atoms with Crippen LogP contribution in [0, 0.1) is 0 Å². The molecule has 2 amide bonds. The number of carbonyl (C=O) groups is 2. The van der Waals surface area contributed by atoms with Crippen LogP contribution in [-0.2, 0) is 16.0 Å². The third-order valence-corrected chi connectivity index (χ3v) is 6.39. The first-order valence-electron chi connectivity index (χ1n) is 9.88.